The molecular weight excluding hydrogens is 196 g/mol. The minimum atomic E-state index is -0.570. The fourth-order valence-electron chi connectivity index (χ4n) is 1.24. The molecule has 0 fully saturated rings. The highest BCUT2D eigenvalue weighted by molar-refractivity contribution is 5.86. The molecule has 0 spiro atoms. The van der Waals surface area contributed by atoms with E-state index in [9.17, 15) is 4.79 Å². The summed E-state index contributed by atoms with van der Waals surface area (Å²) in [4.78, 5) is 15.2. The van der Waals surface area contributed by atoms with Gasteiger partial charge in [-0.3, -0.25) is 0 Å². The maximum absolute atomic E-state index is 11.3. The van der Waals surface area contributed by atoms with Gasteiger partial charge < -0.3 is 10.5 Å². The van der Waals surface area contributed by atoms with Gasteiger partial charge in [0.2, 0.25) is 0 Å². The first-order chi connectivity index (χ1) is 7.22. The summed E-state index contributed by atoms with van der Waals surface area (Å²) in [7, 11) is 0. The maximum Gasteiger partial charge on any atom is 0.378 e. The van der Waals surface area contributed by atoms with E-state index in [4.69, 9.17) is 10.5 Å². The van der Waals surface area contributed by atoms with E-state index in [2.05, 4.69) is 10.1 Å². The van der Waals surface area contributed by atoms with Crippen LogP contribution in [0.4, 0.5) is 5.82 Å². The van der Waals surface area contributed by atoms with Crippen LogP contribution in [0.5, 0.6) is 0 Å². The molecule has 15 heavy (non-hydrogen) atoms. The Hall–Kier alpha value is -2.11. The van der Waals surface area contributed by atoms with Crippen molar-refractivity contribution in [2.45, 2.75) is 6.92 Å². The van der Waals surface area contributed by atoms with Crippen molar-refractivity contribution in [2.75, 3.05) is 12.3 Å². The van der Waals surface area contributed by atoms with E-state index >= 15 is 0 Å². The summed E-state index contributed by atoms with van der Waals surface area (Å²) >= 11 is 0. The quantitative estimate of drug-likeness (QED) is 0.723. The topological polar surface area (TPSA) is 82.5 Å². The lowest BCUT2D eigenvalue weighted by Gasteiger charge is -2.02. The summed E-state index contributed by atoms with van der Waals surface area (Å²) in [5.74, 6) is -0.337. The SMILES string of the molecule is CCOC(=O)c1nc(N)c2cccn2n1. The number of rotatable bonds is 2. The zero-order valence-corrected chi connectivity index (χ0v) is 8.17. The average Bonchev–Trinajstić information content (AvgIpc) is 2.66. The maximum atomic E-state index is 11.3. The molecule has 2 aromatic rings. The van der Waals surface area contributed by atoms with Gasteiger partial charge in [-0.25, -0.2) is 14.3 Å². The number of anilines is 1. The molecule has 2 rings (SSSR count). The van der Waals surface area contributed by atoms with Gasteiger partial charge in [0.25, 0.3) is 5.82 Å². The van der Waals surface area contributed by atoms with Crippen LogP contribution in [0.15, 0.2) is 18.3 Å². The van der Waals surface area contributed by atoms with Gasteiger partial charge in [-0.05, 0) is 19.1 Å². The lowest BCUT2D eigenvalue weighted by molar-refractivity contribution is 0.0510. The Balaban J connectivity index is 2.49. The fourth-order valence-corrected chi connectivity index (χ4v) is 1.24. The molecule has 78 valence electrons. The number of hydrogen-bond acceptors (Lipinski definition) is 5. The minimum Gasteiger partial charge on any atom is -0.460 e. The number of esters is 1. The molecule has 0 amide bonds. The summed E-state index contributed by atoms with van der Waals surface area (Å²) in [5, 5.41) is 3.97. The molecule has 2 aromatic heterocycles. The highest BCUT2D eigenvalue weighted by atomic mass is 16.5. The Morgan fingerprint density at radius 3 is 3.20 bits per heavy atom. The third kappa shape index (κ3) is 1.61. The molecule has 0 unspecified atom stereocenters. The molecule has 0 aliphatic rings. The van der Waals surface area contributed by atoms with Gasteiger partial charge in [0.1, 0.15) is 5.52 Å². The van der Waals surface area contributed by atoms with Gasteiger partial charge in [-0.15, -0.1) is 5.10 Å². The number of fused-ring (bicyclic) bond motifs is 1. The van der Waals surface area contributed by atoms with Crippen molar-refractivity contribution >= 4 is 17.3 Å². The van der Waals surface area contributed by atoms with Crippen molar-refractivity contribution in [3.8, 4) is 0 Å². The number of hydrogen-bond donors (Lipinski definition) is 1. The number of nitrogens with zero attached hydrogens (tertiary/aromatic N) is 3. The molecule has 0 aromatic carbocycles. The standard InChI is InChI=1S/C9H10N4O2/c1-2-15-9(14)8-11-7(10)6-4-3-5-13(6)12-8/h3-5H,2H2,1H3,(H2,10,11,12). The molecule has 0 bridgehead atoms. The normalized spacial score (nSPS) is 10.5. The van der Waals surface area contributed by atoms with Crippen LogP contribution in [0.3, 0.4) is 0 Å². The van der Waals surface area contributed by atoms with E-state index in [1.54, 1.807) is 25.3 Å². The number of aromatic nitrogens is 3. The third-order valence-electron chi connectivity index (χ3n) is 1.88. The van der Waals surface area contributed by atoms with Gasteiger partial charge in [-0.1, -0.05) is 0 Å². The summed E-state index contributed by atoms with van der Waals surface area (Å²) in [5.41, 5.74) is 6.33. The van der Waals surface area contributed by atoms with Crippen molar-refractivity contribution in [1.29, 1.82) is 0 Å². The van der Waals surface area contributed by atoms with Crippen molar-refractivity contribution in [3.05, 3.63) is 24.2 Å². The van der Waals surface area contributed by atoms with E-state index in [1.807, 2.05) is 0 Å². The largest absolute Gasteiger partial charge is 0.460 e. The molecule has 0 radical (unpaired) electrons. The number of carbonyl (C=O) groups excluding carboxylic acids is 1. The van der Waals surface area contributed by atoms with Crippen LogP contribution in [0.25, 0.3) is 5.52 Å². The van der Waals surface area contributed by atoms with E-state index in [0.29, 0.717) is 5.52 Å². The minimum absolute atomic E-state index is 0.0296. The summed E-state index contributed by atoms with van der Waals surface area (Å²) in [6.45, 7) is 2.00. The Labute approximate surface area is 85.7 Å². The van der Waals surface area contributed by atoms with Gasteiger partial charge in [0.15, 0.2) is 5.82 Å². The second kappa shape index (κ2) is 3.56. The predicted octanol–water partition coefficient (Wildman–Crippen LogP) is 0.488. The van der Waals surface area contributed by atoms with Gasteiger partial charge in [0.05, 0.1) is 6.61 Å². The Bertz CT molecular complexity index is 506. The lowest BCUT2D eigenvalue weighted by Crippen LogP contribution is -2.13. The summed E-state index contributed by atoms with van der Waals surface area (Å²) < 4.78 is 6.27. The Kier molecular flexibility index (Phi) is 2.24. The molecule has 0 aliphatic heterocycles. The zero-order valence-electron chi connectivity index (χ0n) is 8.17. The monoisotopic (exact) mass is 206 g/mol. The van der Waals surface area contributed by atoms with Crippen molar-refractivity contribution in [1.82, 2.24) is 14.6 Å². The molecule has 0 atom stereocenters. The van der Waals surface area contributed by atoms with Crippen LogP contribution >= 0.6 is 0 Å². The van der Waals surface area contributed by atoms with E-state index in [0.717, 1.165) is 0 Å². The smallest absolute Gasteiger partial charge is 0.378 e. The molecule has 2 N–H and O–H groups in total. The Morgan fingerprint density at radius 1 is 1.67 bits per heavy atom. The number of nitrogen functional groups attached to an aromatic ring is 1. The molecule has 0 aliphatic carbocycles. The van der Waals surface area contributed by atoms with Crippen LogP contribution in [0, 0.1) is 0 Å². The van der Waals surface area contributed by atoms with Gasteiger partial charge in [-0.2, -0.15) is 0 Å². The van der Waals surface area contributed by atoms with E-state index in [1.165, 1.54) is 4.52 Å². The van der Waals surface area contributed by atoms with Gasteiger partial charge in [0, 0.05) is 6.20 Å². The van der Waals surface area contributed by atoms with Crippen LogP contribution in [0.1, 0.15) is 17.5 Å². The Morgan fingerprint density at radius 2 is 2.47 bits per heavy atom. The molecule has 0 saturated heterocycles. The van der Waals surface area contributed by atoms with Crippen molar-refractivity contribution < 1.29 is 9.53 Å². The molecule has 6 heteroatoms. The molecule has 0 saturated carbocycles. The second-order valence-corrected chi connectivity index (χ2v) is 2.88. The van der Waals surface area contributed by atoms with Crippen LogP contribution in [-0.2, 0) is 4.74 Å². The van der Waals surface area contributed by atoms with E-state index in [-0.39, 0.29) is 18.2 Å². The highest BCUT2D eigenvalue weighted by Gasteiger charge is 2.13. The number of carbonyl (C=O) groups is 1. The first kappa shape index (κ1) is 9.45. The van der Waals surface area contributed by atoms with Crippen molar-refractivity contribution in [3.63, 3.8) is 0 Å². The molecule has 6 nitrogen and oxygen atoms in total. The molecule has 2 heterocycles. The van der Waals surface area contributed by atoms with Crippen molar-refractivity contribution in [2.24, 2.45) is 0 Å². The summed E-state index contributed by atoms with van der Waals surface area (Å²) in [6, 6.07) is 3.54. The second-order valence-electron chi connectivity index (χ2n) is 2.88. The first-order valence-corrected chi connectivity index (χ1v) is 4.50. The zero-order chi connectivity index (χ0) is 10.8. The lowest BCUT2D eigenvalue weighted by atomic mass is 10.5. The van der Waals surface area contributed by atoms with Gasteiger partial charge >= 0.3 is 5.97 Å². The highest BCUT2D eigenvalue weighted by Crippen LogP contribution is 2.10. The van der Waals surface area contributed by atoms with Crippen LogP contribution < -0.4 is 5.73 Å². The average molecular weight is 206 g/mol. The number of ether oxygens (including phenoxy) is 1. The third-order valence-corrected chi connectivity index (χ3v) is 1.88. The first-order valence-electron chi connectivity index (χ1n) is 4.50. The van der Waals surface area contributed by atoms with E-state index < -0.39 is 5.97 Å². The fraction of sp³-hybridized carbons (Fsp3) is 0.222. The van der Waals surface area contributed by atoms with Crippen LogP contribution in [-0.4, -0.2) is 27.2 Å². The summed E-state index contributed by atoms with van der Waals surface area (Å²) in [6.07, 6.45) is 1.69. The van der Waals surface area contributed by atoms with Crippen LogP contribution in [0.2, 0.25) is 0 Å². The predicted molar refractivity (Wildman–Crippen MR) is 53.4 cm³/mol. The number of nitrogens with two attached hydrogens (primary N) is 1. The molecular formula is C9H10N4O2.